The van der Waals surface area contributed by atoms with Gasteiger partial charge in [-0.05, 0) is 35.9 Å². The summed E-state index contributed by atoms with van der Waals surface area (Å²) in [4.78, 5) is 12.4. The minimum absolute atomic E-state index is 0.244. The fraction of sp³-hybridized carbons (Fsp3) is 0.200. The Labute approximate surface area is 157 Å². The molecule has 0 aliphatic carbocycles. The molecule has 0 saturated heterocycles. The Kier molecular flexibility index (Phi) is 5.61. The van der Waals surface area contributed by atoms with Crippen molar-refractivity contribution in [2.24, 2.45) is 0 Å². The van der Waals surface area contributed by atoms with Gasteiger partial charge in [0.05, 0.1) is 27.0 Å². The minimum Gasteiger partial charge on any atom is -0.497 e. The molecule has 3 rings (SSSR count). The summed E-state index contributed by atoms with van der Waals surface area (Å²) in [5.74, 6) is 1.75. The third-order valence-corrected chi connectivity index (χ3v) is 4.09. The van der Waals surface area contributed by atoms with Gasteiger partial charge in [0.25, 0.3) is 5.91 Å². The molecule has 0 saturated carbocycles. The molecule has 0 atom stereocenters. The first-order valence-corrected chi connectivity index (χ1v) is 8.33. The zero-order valence-electron chi connectivity index (χ0n) is 15.4. The summed E-state index contributed by atoms with van der Waals surface area (Å²) in [6, 6.07) is 14.7. The zero-order valence-corrected chi connectivity index (χ0v) is 15.4. The lowest BCUT2D eigenvalue weighted by molar-refractivity contribution is 0.0946. The summed E-state index contributed by atoms with van der Waals surface area (Å²) < 4.78 is 15.7. The van der Waals surface area contributed by atoms with Gasteiger partial charge in [0, 0.05) is 12.1 Å². The minimum atomic E-state index is -0.244. The normalized spacial score (nSPS) is 10.3. The summed E-state index contributed by atoms with van der Waals surface area (Å²) in [7, 11) is 4.76. The molecule has 1 amide bonds. The molecule has 0 aliphatic rings. The molecular weight excluding hydrogens is 346 g/mol. The van der Waals surface area contributed by atoms with Crippen LogP contribution in [0, 0.1) is 0 Å². The van der Waals surface area contributed by atoms with Crippen molar-refractivity contribution >= 4 is 5.91 Å². The molecule has 2 N–H and O–H groups in total. The van der Waals surface area contributed by atoms with Crippen LogP contribution in [0.25, 0.3) is 11.3 Å². The lowest BCUT2D eigenvalue weighted by Gasteiger charge is -2.10. The third-order valence-electron chi connectivity index (χ3n) is 4.09. The second-order valence-corrected chi connectivity index (χ2v) is 5.77. The number of H-pyrrole nitrogens is 1. The van der Waals surface area contributed by atoms with Crippen LogP contribution in [0.3, 0.4) is 0 Å². The summed E-state index contributed by atoms with van der Waals surface area (Å²) in [5.41, 5.74) is 2.82. The quantitative estimate of drug-likeness (QED) is 0.670. The van der Waals surface area contributed by atoms with Crippen LogP contribution in [-0.2, 0) is 6.54 Å². The number of hydrogen-bond donors (Lipinski definition) is 2. The maximum Gasteiger partial charge on any atom is 0.269 e. The van der Waals surface area contributed by atoms with Gasteiger partial charge in [-0.25, -0.2) is 0 Å². The molecule has 0 aliphatic heterocycles. The number of carbonyl (C=O) groups is 1. The van der Waals surface area contributed by atoms with Crippen molar-refractivity contribution in [2.75, 3.05) is 21.3 Å². The summed E-state index contributed by atoms with van der Waals surface area (Å²) in [6.07, 6.45) is 0. The van der Waals surface area contributed by atoms with Crippen LogP contribution >= 0.6 is 0 Å². The first-order valence-electron chi connectivity index (χ1n) is 8.33. The largest absolute Gasteiger partial charge is 0.497 e. The van der Waals surface area contributed by atoms with Crippen LogP contribution in [0.1, 0.15) is 16.1 Å². The number of ether oxygens (including phenoxy) is 3. The number of aromatic amines is 1. The van der Waals surface area contributed by atoms with Gasteiger partial charge in [0.1, 0.15) is 11.4 Å². The van der Waals surface area contributed by atoms with Gasteiger partial charge in [-0.1, -0.05) is 18.2 Å². The second-order valence-electron chi connectivity index (χ2n) is 5.77. The summed E-state index contributed by atoms with van der Waals surface area (Å²) in [6.45, 7) is 0.354. The van der Waals surface area contributed by atoms with E-state index in [4.69, 9.17) is 14.2 Å². The Morgan fingerprint density at radius 3 is 2.56 bits per heavy atom. The number of nitrogens with zero attached hydrogens (tertiary/aromatic N) is 1. The number of nitrogens with one attached hydrogen (secondary N) is 2. The molecule has 2 aromatic carbocycles. The number of methoxy groups -OCH3 is 3. The first-order chi connectivity index (χ1) is 13.1. The van der Waals surface area contributed by atoms with Crippen molar-refractivity contribution in [1.29, 1.82) is 0 Å². The number of amides is 1. The average Bonchev–Trinajstić information content (AvgIpc) is 3.22. The number of aromatic nitrogens is 2. The Balaban J connectivity index is 1.68. The lowest BCUT2D eigenvalue weighted by Crippen LogP contribution is -2.23. The SMILES string of the molecule is COc1cccc(-c2cc(C(=O)NCc3ccc(OC)c(OC)c3)[nH]n2)c1. The fourth-order valence-corrected chi connectivity index (χ4v) is 2.64. The highest BCUT2D eigenvalue weighted by atomic mass is 16.5. The molecule has 0 unspecified atom stereocenters. The van der Waals surface area contributed by atoms with E-state index >= 15 is 0 Å². The Bertz CT molecular complexity index is 936. The molecule has 3 aromatic rings. The standard InChI is InChI=1S/C20H21N3O4/c1-25-15-6-4-5-14(10-15)16-11-17(23-22-16)20(24)21-12-13-7-8-18(26-2)19(9-13)27-3/h4-11H,12H2,1-3H3,(H,21,24)(H,22,23). The van der Waals surface area contributed by atoms with Crippen LogP contribution in [0.15, 0.2) is 48.5 Å². The molecule has 0 spiro atoms. The van der Waals surface area contributed by atoms with Crippen molar-refractivity contribution < 1.29 is 19.0 Å². The van der Waals surface area contributed by atoms with Crippen LogP contribution < -0.4 is 19.5 Å². The lowest BCUT2D eigenvalue weighted by atomic mass is 10.1. The van der Waals surface area contributed by atoms with Crippen LogP contribution in [0.5, 0.6) is 17.2 Å². The molecular formula is C20H21N3O4. The Hall–Kier alpha value is -3.48. The molecule has 0 fully saturated rings. The predicted octanol–water partition coefficient (Wildman–Crippen LogP) is 3.03. The van der Waals surface area contributed by atoms with Crippen LogP contribution in [0.4, 0.5) is 0 Å². The van der Waals surface area contributed by atoms with Gasteiger partial charge >= 0.3 is 0 Å². The van der Waals surface area contributed by atoms with E-state index in [1.165, 1.54) is 0 Å². The second kappa shape index (κ2) is 8.27. The summed E-state index contributed by atoms with van der Waals surface area (Å²) in [5, 5.41) is 9.84. The molecule has 0 bridgehead atoms. The van der Waals surface area contributed by atoms with Gasteiger partial charge in [-0.15, -0.1) is 0 Å². The molecule has 0 radical (unpaired) electrons. The third kappa shape index (κ3) is 4.20. The molecule has 140 valence electrons. The van der Waals surface area contributed by atoms with Gasteiger partial charge < -0.3 is 19.5 Å². The van der Waals surface area contributed by atoms with E-state index in [1.54, 1.807) is 33.5 Å². The van der Waals surface area contributed by atoms with Crippen molar-refractivity contribution in [2.45, 2.75) is 6.54 Å². The molecule has 1 heterocycles. The number of benzene rings is 2. The molecule has 27 heavy (non-hydrogen) atoms. The van der Waals surface area contributed by atoms with Crippen molar-refractivity contribution in [3.8, 4) is 28.5 Å². The number of rotatable bonds is 7. The van der Waals surface area contributed by atoms with E-state index in [-0.39, 0.29) is 5.91 Å². The number of hydrogen-bond acceptors (Lipinski definition) is 5. The smallest absolute Gasteiger partial charge is 0.269 e. The highest BCUT2D eigenvalue weighted by molar-refractivity contribution is 5.93. The van der Waals surface area contributed by atoms with Gasteiger partial charge in [-0.2, -0.15) is 5.10 Å². The zero-order chi connectivity index (χ0) is 19.2. The van der Waals surface area contributed by atoms with E-state index in [9.17, 15) is 4.79 Å². The van der Waals surface area contributed by atoms with Crippen molar-refractivity contribution in [3.05, 3.63) is 59.8 Å². The van der Waals surface area contributed by atoms with Crippen LogP contribution in [-0.4, -0.2) is 37.4 Å². The van der Waals surface area contributed by atoms with Gasteiger partial charge in [-0.3, -0.25) is 9.89 Å². The highest BCUT2D eigenvalue weighted by Gasteiger charge is 2.12. The van der Waals surface area contributed by atoms with Crippen molar-refractivity contribution in [3.63, 3.8) is 0 Å². The maximum atomic E-state index is 12.4. The van der Waals surface area contributed by atoms with E-state index in [0.717, 1.165) is 16.9 Å². The Morgan fingerprint density at radius 1 is 1.00 bits per heavy atom. The molecule has 1 aromatic heterocycles. The van der Waals surface area contributed by atoms with Crippen molar-refractivity contribution in [1.82, 2.24) is 15.5 Å². The maximum absolute atomic E-state index is 12.4. The van der Waals surface area contributed by atoms with Crippen LogP contribution in [0.2, 0.25) is 0 Å². The monoisotopic (exact) mass is 367 g/mol. The van der Waals surface area contributed by atoms with Gasteiger partial charge in [0.15, 0.2) is 11.5 Å². The average molecular weight is 367 g/mol. The van der Waals surface area contributed by atoms with E-state index in [2.05, 4.69) is 15.5 Å². The van der Waals surface area contributed by atoms with E-state index in [1.807, 2.05) is 36.4 Å². The van der Waals surface area contributed by atoms with Gasteiger partial charge in [0.2, 0.25) is 0 Å². The van der Waals surface area contributed by atoms with E-state index in [0.29, 0.717) is 29.4 Å². The predicted molar refractivity (Wildman–Crippen MR) is 101 cm³/mol. The Morgan fingerprint density at radius 2 is 1.81 bits per heavy atom. The topological polar surface area (TPSA) is 85.5 Å². The molecule has 7 nitrogen and oxygen atoms in total. The first kappa shape index (κ1) is 18.3. The van der Waals surface area contributed by atoms with E-state index < -0.39 is 0 Å². The highest BCUT2D eigenvalue weighted by Crippen LogP contribution is 2.27. The summed E-state index contributed by atoms with van der Waals surface area (Å²) >= 11 is 0. The fourth-order valence-electron chi connectivity index (χ4n) is 2.64. The molecule has 7 heteroatoms. The number of carbonyl (C=O) groups excluding carboxylic acids is 1.